The maximum Gasteiger partial charge on any atom is 0.426 e. The van der Waals surface area contributed by atoms with Gasteiger partial charge in [0.2, 0.25) is 5.43 Å². The summed E-state index contributed by atoms with van der Waals surface area (Å²) in [5, 5.41) is 1.48. The number of H-pyrrole nitrogens is 1. The van der Waals surface area contributed by atoms with Crippen LogP contribution in [0.3, 0.4) is 0 Å². The second kappa shape index (κ2) is 10.1. The molecule has 3 amide bonds. The van der Waals surface area contributed by atoms with Crippen molar-refractivity contribution in [3.8, 4) is 0 Å². The van der Waals surface area contributed by atoms with Crippen LogP contribution in [0, 0.1) is 0 Å². The van der Waals surface area contributed by atoms with Gasteiger partial charge in [-0.3, -0.25) is 14.4 Å². The molecule has 1 fully saturated rings. The Morgan fingerprint density at radius 1 is 1.19 bits per heavy atom. The Morgan fingerprint density at radius 2 is 1.92 bits per heavy atom. The van der Waals surface area contributed by atoms with Gasteiger partial charge in [0, 0.05) is 29.1 Å². The zero-order valence-electron chi connectivity index (χ0n) is 20.2. The van der Waals surface area contributed by atoms with E-state index in [2.05, 4.69) is 10.4 Å². The molecule has 0 atom stereocenters. The van der Waals surface area contributed by atoms with Gasteiger partial charge < -0.3 is 19.0 Å². The molecule has 1 aromatic carbocycles. The molecule has 2 aromatic heterocycles. The maximum absolute atomic E-state index is 13.9. The molecule has 0 spiro atoms. The lowest BCUT2D eigenvalue weighted by Gasteiger charge is -2.26. The number of aromatic nitrogens is 1. The van der Waals surface area contributed by atoms with Crippen LogP contribution in [0.1, 0.15) is 60.0 Å². The number of amides is 3. The number of carbonyl (C=O) groups excluding carboxylic acids is 3. The molecule has 0 radical (unpaired) electrons. The van der Waals surface area contributed by atoms with Crippen molar-refractivity contribution in [1.29, 1.82) is 0 Å². The Labute approximate surface area is 212 Å². The summed E-state index contributed by atoms with van der Waals surface area (Å²) in [4.78, 5) is 58.0. The molecule has 0 unspecified atom stereocenters. The Morgan fingerprint density at radius 3 is 2.56 bits per heavy atom. The van der Waals surface area contributed by atoms with E-state index >= 15 is 0 Å². The standard InChI is InChI=1S/C25H27ClN4O6/c1-25(2,3)36-24(34)28-30(13-15-8-11-35-14-15)22(32)19-20(23(33)29-9-4-5-10-29)27-18-12-16(26)6-7-17(18)21(19)31/h6-8,11-12,14H,4-5,9-10,13H2,1-3H3,(H,27,31)(H,28,34). The minimum atomic E-state index is -0.893. The van der Waals surface area contributed by atoms with Crippen LogP contribution in [0.25, 0.3) is 10.9 Å². The molecular formula is C25H27ClN4O6. The van der Waals surface area contributed by atoms with Crippen molar-refractivity contribution in [2.24, 2.45) is 0 Å². The number of carbonyl (C=O) groups is 3. The number of hydrogen-bond donors (Lipinski definition) is 2. The summed E-state index contributed by atoms with van der Waals surface area (Å²) >= 11 is 6.11. The van der Waals surface area contributed by atoms with Gasteiger partial charge in [-0.05, 0) is 57.9 Å². The van der Waals surface area contributed by atoms with Crippen LogP contribution in [0.4, 0.5) is 4.79 Å². The zero-order valence-corrected chi connectivity index (χ0v) is 21.0. The number of hydrogen-bond acceptors (Lipinski definition) is 6. The van der Waals surface area contributed by atoms with Gasteiger partial charge in [-0.2, -0.15) is 0 Å². The molecule has 4 rings (SSSR count). The summed E-state index contributed by atoms with van der Waals surface area (Å²) in [6, 6.07) is 6.14. The number of nitrogens with zero attached hydrogens (tertiary/aromatic N) is 2. The summed E-state index contributed by atoms with van der Waals surface area (Å²) in [6.45, 7) is 5.93. The van der Waals surface area contributed by atoms with Crippen molar-refractivity contribution in [3.05, 3.63) is 68.9 Å². The first-order valence-electron chi connectivity index (χ1n) is 11.5. The van der Waals surface area contributed by atoms with E-state index in [1.807, 2.05) is 0 Å². The van der Waals surface area contributed by atoms with Gasteiger partial charge in [0.1, 0.15) is 16.9 Å². The van der Waals surface area contributed by atoms with E-state index in [1.54, 1.807) is 31.7 Å². The summed E-state index contributed by atoms with van der Waals surface area (Å²) in [5.74, 6) is -1.35. The lowest BCUT2D eigenvalue weighted by molar-refractivity contribution is 0.0280. The molecule has 2 N–H and O–H groups in total. The van der Waals surface area contributed by atoms with Crippen molar-refractivity contribution >= 4 is 40.4 Å². The summed E-state index contributed by atoms with van der Waals surface area (Å²) in [5.41, 5.74) is 1.26. The van der Waals surface area contributed by atoms with Crippen LogP contribution in [-0.4, -0.2) is 51.5 Å². The fourth-order valence-corrected chi connectivity index (χ4v) is 4.15. The van der Waals surface area contributed by atoms with Gasteiger partial charge in [-0.25, -0.2) is 15.2 Å². The second-order valence-corrected chi connectivity index (χ2v) is 9.97. The van der Waals surface area contributed by atoms with Gasteiger partial charge in [0.05, 0.1) is 24.6 Å². The minimum absolute atomic E-state index is 0.135. The summed E-state index contributed by atoms with van der Waals surface area (Å²) in [6.07, 6.45) is 3.58. The predicted octanol–water partition coefficient (Wildman–Crippen LogP) is 4.09. The molecule has 1 aliphatic rings. The molecule has 0 saturated carbocycles. The van der Waals surface area contributed by atoms with Gasteiger partial charge >= 0.3 is 6.09 Å². The first kappa shape index (κ1) is 25.3. The molecule has 3 aromatic rings. The lowest BCUT2D eigenvalue weighted by Crippen LogP contribution is -2.49. The number of aromatic amines is 1. The van der Waals surface area contributed by atoms with E-state index in [0.29, 0.717) is 29.2 Å². The second-order valence-electron chi connectivity index (χ2n) is 9.53. The predicted molar refractivity (Wildman–Crippen MR) is 133 cm³/mol. The van der Waals surface area contributed by atoms with E-state index in [4.69, 9.17) is 20.8 Å². The van der Waals surface area contributed by atoms with E-state index in [-0.39, 0.29) is 23.2 Å². The Balaban J connectivity index is 1.82. The monoisotopic (exact) mass is 514 g/mol. The van der Waals surface area contributed by atoms with Gasteiger partial charge in [-0.15, -0.1) is 0 Å². The van der Waals surface area contributed by atoms with E-state index in [9.17, 15) is 19.2 Å². The number of halogens is 1. The lowest BCUT2D eigenvalue weighted by atomic mass is 10.1. The number of likely N-dealkylation sites (tertiary alicyclic amines) is 1. The molecule has 0 bridgehead atoms. The first-order chi connectivity index (χ1) is 17.0. The number of rotatable bonds is 4. The highest BCUT2D eigenvalue weighted by Gasteiger charge is 2.32. The van der Waals surface area contributed by atoms with Crippen LogP contribution >= 0.6 is 11.6 Å². The van der Waals surface area contributed by atoms with E-state index < -0.39 is 28.9 Å². The van der Waals surface area contributed by atoms with Gasteiger partial charge in [0.15, 0.2) is 0 Å². The van der Waals surface area contributed by atoms with Crippen LogP contribution in [-0.2, 0) is 11.3 Å². The number of benzene rings is 1. The molecule has 0 aliphatic carbocycles. The average Bonchev–Trinajstić information content (AvgIpc) is 3.50. The third-order valence-corrected chi connectivity index (χ3v) is 5.81. The van der Waals surface area contributed by atoms with Crippen LogP contribution < -0.4 is 10.9 Å². The minimum Gasteiger partial charge on any atom is -0.472 e. The topological polar surface area (TPSA) is 125 Å². The summed E-state index contributed by atoms with van der Waals surface area (Å²) < 4.78 is 10.4. The average molecular weight is 515 g/mol. The van der Waals surface area contributed by atoms with E-state index in [0.717, 1.165) is 17.9 Å². The number of ether oxygens (including phenoxy) is 1. The van der Waals surface area contributed by atoms with E-state index in [1.165, 1.54) is 30.7 Å². The number of nitrogens with one attached hydrogen (secondary N) is 2. The van der Waals surface area contributed by atoms with Gasteiger partial charge in [0.25, 0.3) is 11.8 Å². The van der Waals surface area contributed by atoms with Crippen LogP contribution in [0.5, 0.6) is 0 Å². The van der Waals surface area contributed by atoms with Crippen molar-refractivity contribution in [2.75, 3.05) is 13.1 Å². The highest BCUT2D eigenvalue weighted by atomic mass is 35.5. The molecular weight excluding hydrogens is 488 g/mol. The van der Waals surface area contributed by atoms with Gasteiger partial charge in [-0.1, -0.05) is 11.6 Å². The third-order valence-electron chi connectivity index (χ3n) is 5.58. The quantitative estimate of drug-likeness (QED) is 0.505. The van der Waals surface area contributed by atoms with Crippen molar-refractivity contribution in [1.82, 2.24) is 20.3 Å². The molecule has 1 aliphatic heterocycles. The molecule has 1 saturated heterocycles. The normalized spacial score (nSPS) is 13.6. The third kappa shape index (κ3) is 5.54. The molecule has 190 valence electrons. The van der Waals surface area contributed by atoms with Crippen molar-refractivity contribution in [3.63, 3.8) is 0 Å². The summed E-state index contributed by atoms with van der Waals surface area (Å²) in [7, 11) is 0. The zero-order chi connectivity index (χ0) is 26.0. The Hall–Kier alpha value is -3.79. The van der Waals surface area contributed by atoms with Crippen molar-refractivity contribution in [2.45, 2.75) is 45.8 Å². The van der Waals surface area contributed by atoms with Crippen LogP contribution in [0.15, 0.2) is 46.0 Å². The molecule has 3 heterocycles. The number of pyridine rings is 1. The molecule has 11 heteroatoms. The number of fused-ring (bicyclic) bond motifs is 1. The molecule has 10 nitrogen and oxygen atoms in total. The maximum atomic E-state index is 13.9. The highest BCUT2D eigenvalue weighted by molar-refractivity contribution is 6.31. The first-order valence-corrected chi connectivity index (χ1v) is 11.9. The van der Waals surface area contributed by atoms with Crippen LogP contribution in [0.2, 0.25) is 5.02 Å². The number of furan rings is 1. The SMILES string of the molecule is CC(C)(C)OC(=O)NN(Cc1ccoc1)C(=O)c1c(C(=O)N2CCCC2)[nH]c2cc(Cl)ccc2c1=O. The van der Waals surface area contributed by atoms with Crippen molar-refractivity contribution < 1.29 is 23.5 Å². The number of hydrazine groups is 1. The Kier molecular flexibility index (Phi) is 7.07. The smallest absolute Gasteiger partial charge is 0.426 e. The fraction of sp³-hybridized carbons (Fsp3) is 0.360. The molecule has 36 heavy (non-hydrogen) atoms. The fourth-order valence-electron chi connectivity index (χ4n) is 3.98. The highest BCUT2D eigenvalue weighted by Crippen LogP contribution is 2.21. The Bertz CT molecular complexity index is 1350. The largest absolute Gasteiger partial charge is 0.472 e.